The van der Waals surface area contributed by atoms with Crippen molar-refractivity contribution in [2.24, 2.45) is 0 Å². The number of nitrogens with zero attached hydrogens (tertiary/aromatic N) is 1. The molecule has 1 N–H and O–H groups in total. The van der Waals surface area contributed by atoms with Crippen molar-refractivity contribution >= 4 is 37.5 Å². The molecular formula is C18H21BrN2O4S. The maximum atomic E-state index is 12.6. The Bertz CT molecular complexity index is 913. The lowest BCUT2D eigenvalue weighted by atomic mass is 10.2. The molecule has 0 unspecified atom stereocenters. The summed E-state index contributed by atoms with van der Waals surface area (Å²) in [4.78, 5) is 12.7. The number of rotatable bonds is 6. The molecule has 140 valence electrons. The van der Waals surface area contributed by atoms with Crippen LogP contribution in [0.3, 0.4) is 0 Å². The summed E-state index contributed by atoms with van der Waals surface area (Å²) in [5, 5.41) is 2.75. The van der Waals surface area contributed by atoms with E-state index in [9.17, 15) is 13.2 Å². The maximum Gasteiger partial charge on any atom is 0.255 e. The summed E-state index contributed by atoms with van der Waals surface area (Å²) in [7, 11) is -0.645. The molecule has 2 aromatic carbocycles. The second-order valence-corrected chi connectivity index (χ2v) is 8.85. The third-order valence-corrected chi connectivity index (χ3v) is 6.43. The van der Waals surface area contributed by atoms with Crippen LogP contribution < -0.4 is 10.1 Å². The summed E-state index contributed by atoms with van der Waals surface area (Å²) in [5.74, 6) is 0.0792. The minimum Gasteiger partial charge on any atom is -0.495 e. The van der Waals surface area contributed by atoms with E-state index in [0.29, 0.717) is 11.4 Å². The molecule has 0 heterocycles. The van der Waals surface area contributed by atoms with Crippen molar-refractivity contribution in [3.8, 4) is 5.75 Å². The molecule has 0 saturated carbocycles. The van der Waals surface area contributed by atoms with Crippen LogP contribution in [-0.4, -0.2) is 38.8 Å². The molecule has 0 bridgehead atoms. The highest BCUT2D eigenvalue weighted by molar-refractivity contribution is 9.10. The Kier molecular flexibility index (Phi) is 6.44. The quantitative estimate of drug-likeness (QED) is 0.741. The zero-order chi connectivity index (χ0) is 19.5. The van der Waals surface area contributed by atoms with Gasteiger partial charge in [0, 0.05) is 23.1 Å². The van der Waals surface area contributed by atoms with Gasteiger partial charge in [-0.15, -0.1) is 0 Å². The average Bonchev–Trinajstić information content (AvgIpc) is 2.61. The molecule has 0 saturated heterocycles. The van der Waals surface area contributed by atoms with Gasteiger partial charge in [0.2, 0.25) is 10.0 Å². The Hall–Kier alpha value is -1.90. The van der Waals surface area contributed by atoms with Gasteiger partial charge >= 0.3 is 0 Å². The van der Waals surface area contributed by atoms with Crippen LogP contribution in [-0.2, 0) is 10.0 Å². The number of carbonyl (C=O) groups is 1. The number of benzene rings is 2. The largest absolute Gasteiger partial charge is 0.495 e. The maximum absolute atomic E-state index is 12.6. The number of anilines is 1. The molecule has 0 aromatic heterocycles. The standard InChI is InChI=1S/C18H21BrN2O4S/c1-12(2)21(3)26(23,24)15-7-5-6-13(10-15)18(22)20-16-11-14(19)8-9-17(16)25-4/h5-12H,1-4H3,(H,20,22). The Balaban J connectivity index is 2.33. The predicted molar refractivity (Wildman–Crippen MR) is 105 cm³/mol. The fraction of sp³-hybridized carbons (Fsp3) is 0.278. The van der Waals surface area contributed by atoms with Crippen LogP contribution in [0.1, 0.15) is 24.2 Å². The molecule has 0 aliphatic heterocycles. The van der Waals surface area contributed by atoms with Gasteiger partial charge in [0.05, 0.1) is 17.7 Å². The van der Waals surface area contributed by atoms with Gasteiger partial charge in [0.25, 0.3) is 5.91 Å². The molecule has 0 spiro atoms. The van der Waals surface area contributed by atoms with Crippen molar-refractivity contribution in [1.82, 2.24) is 4.31 Å². The lowest BCUT2D eigenvalue weighted by Crippen LogP contribution is -2.33. The third-order valence-electron chi connectivity index (χ3n) is 3.91. The monoisotopic (exact) mass is 440 g/mol. The Morgan fingerprint density at radius 2 is 1.88 bits per heavy atom. The molecule has 2 rings (SSSR count). The highest BCUT2D eigenvalue weighted by Gasteiger charge is 2.24. The summed E-state index contributed by atoms with van der Waals surface area (Å²) in [6.07, 6.45) is 0. The van der Waals surface area contributed by atoms with Gasteiger partial charge in [0.15, 0.2) is 0 Å². The van der Waals surface area contributed by atoms with Crippen LogP contribution >= 0.6 is 15.9 Å². The highest BCUT2D eigenvalue weighted by Crippen LogP contribution is 2.28. The Morgan fingerprint density at radius 1 is 1.19 bits per heavy atom. The average molecular weight is 441 g/mol. The van der Waals surface area contributed by atoms with E-state index in [2.05, 4.69) is 21.2 Å². The Labute approximate surface area is 162 Å². The minimum absolute atomic E-state index is 0.0718. The topological polar surface area (TPSA) is 75.7 Å². The van der Waals surface area contributed by atoms with Gasteiger partial charge in [0.1, 0.15) is 5.75 Å². The summed E-state index contributed by atoms with van der Waals surface area (Å²) in [6.45, 7) is 3.57. The van der Waals surface area contributed by atoms with Crippen molar-refractivity contribution in [2.45, 2.75) is 24.8 Å². The van der Waals surface area contributed by atoms with Gasteiger partial charge in [-0.1, -0.05) is 22.0 Å². The number of sulfonamides is 1. The number of carbonyl (C=O) groups excluding carboxylic acids is 1. The fourth-order valence-electron chi connectivity index (χ4n) is 2.21. The van der Waals surface area contributed by atoms with Crippen molar-refractivity contribution in [1.29, 1.82) is 0 Å². The summed E-state index contributed by atoms with van der Waals surface area (Å²) in [5.41, 5.74) is 0.727. The van der Waals surface area contributed by atoms with Crippen LogP contribution in [0.2, 0.25) is 0 Å². The number of methoxy groups -OCH3 is 1. The first kappa shape index (κ1) is 20.4. The van der Waals surface area contributed by atoms with E-state index in [1.54, 1.807) is 44.2 Å². The first-order valence-corrected chi connectivity index (χ1v) is 10.1. The Morgan fingerprint density at radius 3 is 2.50 bits per heavy atom. The molecule has 26 heavy (non-hydrogen) atoms. The first-order chi connectivity index (χ1) is 12.2. The second-order valence-electron chi connectivity index (χ2n) is 5.94. The van der Waals surface area contributed by atoms with E-state index < -0.39 is 15.9 Å². The van der Waals surface area contributed by atoms with Gasteiger partial charge in [-0.2, -0.15) is 4.31 Å². The molecule has 6 nitrogen and oxygen atoms in total. The van der Waals surface area contributed by atoms with Crippen molar-refractivity contribution in [3.63, 3.8) is 0 Å². The predicted octanol–water partition coefficient (Wildman–Crippen LogP) is 3.74. The molecule has 1 amide bonds. The second kappa shape index (κ2) is 8.20. The van der Waals surface area contributed by atoms with Gasteiger partial charge in [-0.05, 0) is 50.2 Å². The zero-order valence-corrected chi connectivity index (χ0v) is 17.4. The molecule has 2 aromatic rings. The van der Waals surface area contributed by atoms with E-state index in [0.717, 1.165) is 4.47 Å². The van der Waals surface area contributed by atoms with Gasteiger partial charge in [-0.25, -0.2) is 8.42 Å². The molecule has 0 aliphatic carbocycles. The molecular weight excluding hydrogens is 420 g/mol. The molecule has 0 atom stereocenters. The van der Waals surface area contributed by atoms with Crippen molar-refractivity contribution in [2.75, 3.05) is 19.5 Å². The van der Waals surface area contributed by atoms with E-state index in [1.807, 2.05) is 0 Å². The van der Waals surface area contributed by atoms with E-state index in [1.165, 1.54) is 30.6 Å². The molecule has 8 heteroatoms. The van der Waals surface area contributed by atoms with Gasteiger partial charge in [-0.3, -0.25) is 4.79 Å². The number of halogens is 1. The van der Waals surface area contributed by atoms with Crippen LogP contribution in [0.4, 0.5) is 5.69 Å². The summed E-state index contributed by atoms with van der Waals surface area (Å²) >= 11 is 3.35. The lowest BCUT2D eigenvalue weighted by Gasteiger charge is -2.21. The fourth-order valence-corrected chi connectivity index (χ4v) is 3.99. The number of ether oxygens (including phenoxy) is 1. The van der Waals surface area contributed by atoms with Crippen LogP contribution in [0.25, 0.3) is 0 Å². The van der Waals surface area contributed by atoms with E-state index in [-0.39, 0.29) is 16.5 Å². The number of amides is 1. The van der Waals surface area contributed by atoms with Crippen molar-refractivity contribution in [3.05, 3.63) is 52.5 Å². The first-order valence-electron chi connectivity index (χ1n) is 7.90. The summed E-state index contributed by atoms with van der Waals surface area (Å²) in [6, 6.07) is 11.0. The minimum atomic E-state index is -3.67. The SMILES string of the molecule is COc1ccc(Br)cc1NC(=O)c1cccc(S(=O)(=O)N(C)C(C)C)c1. The normalized spacial score (nSPS) is 11.7. The highest BCUT2D eigenvalue weighted by atomic mass is 79.9. The van der Waals surface area contributed by atoms with Gasteiger partial charge < -0.3 is 10.1 Å². The lowest BCUT2D eigenvalue weighted by molar-refractivity contribution is 0.102. The molecule has 0 aliphatic rings. The number of nitrogens with one attached hydrogen (secondary N) is 1. The van der Waals surface area contributed by atoms with Crippen molar-refractivity contribution < 1.29 is 17.9 Å². The van der Waals surface area contributed by atoms with E-state index in [4.69, 9.17) is 4.74 Å². The number of hydrogen-bond acceptors (Lipinski definition) is 4. The van der Waals surface area contributed by atoms with E-state index >= 15 is 0 Å². The zero-order valence-electron chi connectivity index (χ0n) is 15.0. The third kappa shape index (κ3) is 4.44. The smallest absolute Gasteiger partial charge is 0.255 e. The number of hydrogen-bond donors (Lipinski definition) is 1. The van der Waals surface area contributed by atoms with Crippen LogP contribution in [0, 0.1) is 0 Å². The molecule has 0 radical (unpaired) electrons. The van der Waals surface area contributed by atoms with Crippen LogP contribution in [0.15, 0.2) is 51.8 Å². The molecule has 0 fully saturated rings. The summed E-state index contributed by atoms with van der Waals surface area (Å²) < 4.78 is 32.5. The van der Waals surface area contributed by atoms with Crippen LogP contribution in [0.5, 0.6) is 5.75 Å².